The van der Waals surface area contributed by atoms with Crippen LogP contribution < -0.4 is 4.90 Å². The summed E-state index contributed by atoms with van der Waals surface area (Å²) in [4.78, 5) is 2.41. The summed E-state index contributed by atoms with van der Waals surface area (Å²) in [7, 11) is 0. The third-order valence-electron chi connectivity index (χ3n) is 12.6. The van der Waals surface area contributed by atoms with Crippen molar-refractivity contribution < 1.29 is 4.42 Å². The fourth-order valence-electron chi connectivity index (χ4n) is 10.1. The molecule has 58 heavy (non-hydrogen) atoms. The highest BCUT2D eigenvalue weighted by atomic mass is 16.3. The molecule has 0 saturated heterocycles. The van der Waals surface area contributed by atoms with Gasteiger partial charge in [-0.25, -0.2) is 0 Å². The summed E-state index contributed by atoms with van der Waals surface area (Å²) < 4.78 is 6.59. The van der Waals surface area contributed by atoms with Gasteiger partial charge >= 0.3 is 0 Å². The topological polar surface area (TPSA) is 16.4 Å². The second-order valence-corrected chi connectivity index (χ2v) is 15.6. The third-order valence-corrected chi connectivity index (χ3v) is 12.6. The Balaban J connectivity index is 1.05. The lowest BCUT2D eigenvalue weighted by Crippen LogP contribution is -2.26. The van der Waals surface area contributed by atoms with E-state index in [0.29, 0.717) is 0 Å². The van der Waals surface area contributed by atoms with E-state index in [1.807, 2.05) is 0 Å². The summed E-state index contributed by atoms with van der Waals surface area (Å²) in [5, 5.41) is 2.30. The normalized spacial score (nSPS) is 13.1. The van der Waals surface area contributed by atoms with Crippen molar-refractivity contribution in [1.29, 1.82) is 0 Å². The summed E-state index contributed by atoms with van der Waals surface area (Å²) in [6.07, 6.45) is 0. The first kappa shape index (κ1) is 32.8. The molecule has 0 atom stereocenters. The van der Waals surface area contributed by atoms with Crippen molar-refractivity contribution in [2.75, 3.05) is 4.90 Å². The maximum absolute atomic E-state index is 6.59. The van der Waals surface area contributed by atoms with Gasteiger partial charge in [-0.15, -0.1) is 0 Å². The minimum Gasteiger partial charge on any atom is -0.455 e. The van der Waals surface area contributed by atoms with Crippen molar-refractivity contribution in [2.45, 2.75) is 12.3 Å². The molecule has 10 aromatic rings. The lowest BCUT2D eigenvalue weighted by molar-refractivity contribution is 0.667. The maximum atomic E-state index is 6.59. The van der Waals surface area contributed by atoms with Crippen LogP contribution in [0.15, 0.2) is 211 Å². The zero-order valence-electron chi connectivity index (χ0n) is 32.0. The number of hydrogen-bond donors (Lipinski definition) is 0. The van der Waals surface area contributed by atoms with Crippen LogP contribution >= 0.6 is 0 Å². The molecule has 1 aromatic heterocycles. The smallest absolute Gasteiger partial charge is 0.143 e. The molecule has 2 aliphatic carbocycles. The lowest BCUT2D eigenvalue weighted by atomic mass is 9.70. The van der Waals surface area contributed by atoms with E-state index in [0.717, 1.165) is 55.7 Å². The second-order valence-electron chi connectivity index (χ2n) is 15.6. The van der Waals surface area contributed by atoms with Crippen LogP contribution in [0.5, 0.6) is 0 Å². The lowest BCUT2D eigenvalue weighted by Gasteiger charge is -2.32. The fraction of sp³-hybridized carbons (Fsp3) is 0.0357. The number of fused-ring (bicyclic) bond motifs is 13. The van der Waals surface area contributed by atoms with Crippen molar-refractivity contribution in [3.8, 4) is 44.5 Å². The third kappa shape index (κ3) is 4.60. The number of para-hydroxylation sites is 2. The first-order valence-electron chi connectivity index (χ1n) is 20.1. The standard InChI is InChI=1S/C56H37NO/c1-36-13-11-20-48-49-21-12-19-43(55(49)58-54(36)48)39-27-31-41(32-28-39)57(40-29-25-38(26-30-40)37-14-3-2-4-15-37)42-33-34-47-46-18-7-10-24-52(46)56(53(47)35-42)50-22-8-5-16-44(50)45-17-6-9-23-51(45)56/h2-35H,1H3. The Hall–Kier alpha value is -7.42. The van der Waals surface area contributed by atoms with Gasteiger partial charge in [-0.3, -0.25) is 0 Å². The number of hydrogen-bond acceptors (Lipinski definition) is 2. The van der Waals surface area contributed by atoms with Gasteiger partial charge in [0.05, 0.1) is 5.41 Å². The molecule has 9 aromatic carbocycles. The predicted molar refractivity (Wildman–Crippen MR) is 240 cm³/mol. The van der Waals surface area contributed by atoms with Crippen LogP contribution in [0.4, 0.5) is 17.1 Å². The van der Waals surface area contributed by atoms with E-state index in [-0.39, 0.29) is 0 Å². The molecule has 1 heterocycles. The van der Waals surface area contributed by atoms with E-state index in [1.54, 1.807) is 0 Å². The number of anilines is 3. The van der Waals surface area contributed by atoms with Gasteiger partial charge in [0.15, 0.2) is 0 Å². The molecule has 0 radical (unpaired) electrons. The van der Waals surface area contributed by atoms with Crippen LogP contribution in [0.25, 0.3) is 66.4 Å². The number of rotatable bonds is 5. The van der Waals surface area contributed by atoms with Crippen LogP contribution in [0, 0.1) is 6.92 Å². The molecular weight excluding hydrogens is 703 g/mol. The van der Waals surface area contributed by atoms with E-state index in [9.17, 15) is 0 Å². The van der Waals surface area contributed by atoms with Crippen LogP contribution in [0.3, 0.4) is 0 Å². The van der Waals surface area contributed by atoms with E-state index >= 15 is 0 Å². The first-order chi connectivity index (χ1) is 28.7. The van der Waals surface area contributed by atoms with E-state index in [4.69, 9.17) is 4.42 Å². The van der Waals surface area contributed by atoms with Crippen LogP contribution in [-0.2, 0) is 5.41 Å². The zero-order valence-corrected chi connectivity index (χ0v) is 32.0. The molecular formula is C56H37NO. The van der Waals surface area contributed by atoms with Crippen LogP contribution in [0.1, 0.15) is 27.8 Å². The van der Waals surface area contributed by atoms with Crippen LogP contribution in [0.2, 0.25) is 0 Å². The highest BCUT2D eigenvalue weighted by Gasteiger charge is 2.51. The summed E-state index contributed by atoms with van der Waals surface area (Å²) in [6, 6.07) is 75.6. The second kappa shape index (κ2) is 12.5. The molecule has 0 N–H and O–H groups in total. The molecule has 272 valence electrons. The maximum Gasteiger partial charge on any atom is 0.143 e. The van der Waals surface area contributed by atoms with Crippen LogP contribution in [-0.4, -0.2) is 0 Å². The number of furan rings is 1. The van der Waals surface area contributed by atoms with Gasteiger partial charge in [-0.2, -0.15) is 0 Å². The fourth-order valence-corrected chi connectivity index (χ4v) is 10.1. The highest BCUT2D eigenvalue weighted by Crippen LogP contribution is 2.63. The molecule has 0 unspecified atom stereocenters. The molecule has 0 amide bonds. The van der Waals surface area contributed by atoms with E-state index in [2.05, 4.69) is 218 Å². The number of nitrogens with zero attached hydrogens (tertiary/aromatic N) is 1. The Morgan fingerprint density at radius 3 is 1.43 bits per heavy atom. The summed E-state index contributed by atoms with van der Waals surface area (Å²) in [5.74, 6) is 0. The monoisotopic (exact) mass is 739 g/mol. The molecule has 0 aliphatic heterocycles. The molecule has 12 rings (SSSR count). The van der Waals surface area contributed by atoms with E-state index in [1.165, 1.54) is 55.6 Å². The van der Waals surface area contributed by atoms with Gasteiger partial charge in [0, 0.05) is 33.4 Å². The predicted octanol–water partition coefficient (Wildman–Crippen LogP) is 15.0. The van der Waals surface area contributed by atoms with Crippen molar-refractivity contribution >= 4 is 39.0 Å². The summed E-state index contributed by atoms with van der Waals surface area (Å²) in [5.41, 5.74) is 21.1. The molecule has 0 bridgehead atoms. The average molecular weight is 740 g/mol. The summed E-state index contributed by atoms with van der Waals surface area (Å²) >= 11 is 0. The Labute approximate surface area is 337 Å². The minimum atomic E-state index is -0.425. The minimum absolute atomic E-state index is 0.425. The SMILES string of the molecule is Cc1cccc2c1oc1c(-c3ccc(N(c4ccc(-c5ccccc5)cc4)c4ccc5c(c4)C4(c6ccccc6-c6ccccc64)c4ccccc4-5)cc3)cccc12. The Morgan fingerprint density at radius 2 is 0.810 bits per heavy atom. The molecule has 0 saturated carbocycles. The Morgan fingerprint density at radius 1 is 0.345 bits per heavy atom. The Kier molecular flexibility index (Phi) is 7.09. The molecule has 1 spiro atoms. The van der Waals surface area contributed by atoms with Gasteiger partial charge in [0.25, 0.3) is 0 Å². The van der Waals surface area contributed by atoms with Crippen molar-refractivity contribution in [3.05, 3.63) is 234 Å². The molecule has 2 heteroatoms. The molecule has 2 nitrogen and oxygen atoms in total. The van der Waals surface area contributed by atoms with Gasteiger partial charge in [0.2, 0.25) is 0 Å². The van der Waals surface area contributed by atoms with Gasteiger partial charge in [0.1, 0.15) is 11.2 Å². The number of aryl methyl sites for hydroxylation is 1. The molecule has 0 fully saturated rings. The Bertz CT molecular complexity index is 3160. The van der Waals surface area contributed by atoms with Crippen molar-refractivity contribution in [3.63, 3.8) is 0 Å². The first-order valence-corrected chi connectivity index (χ1v) is 20.1. The summed E-state index contributed by atoms with van der Waals surface area (Å²) in [6.45, 7) is 2.11. The molecule has 2 aliphatic rings. The van der Waals surface area contributed by atoms with Crippen molar-refractivity contribution in [1.82, 2.24) is 0 Å². The van der Waals surface area contributed by atoms with Gasteiger partial charge in [-0.05, 0) is 110 Å². The number of benzene rings is 9. The van der Waals surface area contributed by atoms with Gasteiger partial charge in [-0.1, -0.05) is 170 Å². The van der Waals surface area contributed by atoms with Gasteiger partial charge < -0.3 is 9.32 Å². The quantitative estimate of drug-likeness (QED) is 0.175. The van der Waals surface area contributed by atoms with E-state index < -0.39 is 5.41 Å². The van der Waals surface area contributed by atoms with Crippen molar-refractivity contribution in [2.24, 2.45) is 0 Å². The average Bonchev–Trinajstić information content (AvgIpc) is 3.92. The zero-order chi connectivity index (χ0) is 38.4. The highest BCUT2D eigenvalue weighted by molar-refractivity contribution is 6.10. The largest absolute Gasteiger partial charge is 0.455 e.